The summed E-state index contributed by atoms with van der Waals surface area (Å²) in [5.41, 5.74) is 1.99. The van der Waals surface area contributed by atoms with Crippen molar-refractivity contribution in [3.8, 4) is 0 Å². The van der Waals surface area contributed by atoms with Crippen LogP contribution in [0.25, 0.3) is 0 Å². The molecule has 1 aromatic carbocycles. The van der Waals surface area contributed by atoms with Gasteiger partial charge in [0, 0.05) is 23.3 Å². The first-order chi connectivity index (χ1) is 11.6. The minimum Gasteiger partial charge on any atom is -0.450 e. The third kappa shape index (κ3) is 5.55. The van der Waals surface area contributed by atoms with Crippen LogP contribution < -0.4 is 10.6 Å². The normalized spacial score (nSPS) is 10.1. The van der Waals surface area contributed by atoms with Gasteiger partial charge in [-0.25, -0.2) is 4.79 Å². The average molecular weight is 348 g/mol. The van der Waals surface area contributed by atoms with E-state index in [2.05, 4.69) is 15.6 Å². The summed E-state index contributed by atoms with van der Waals surface area (Å²) in [7, 11) is 0. The number of rotatable bonds is 6. The summed E-state index contributed by atoms with van der Waals surface area (Å²) in [5, 5.41) is 6.04. The molecule has 0 radical (unpaired) electrons. The van der Waals surface area contributed by atoms with Crippen LogP contribution >= 0.6 is 11.6 Å². The molecule has 0 saturated carbocycles. The predicted octanol–water partition coefficient (Wildman–Crippen LogP) is 2.91. The van der Waals surface area contributed by atoms with Gasteiger partial charge in [-0.15, -0.1) is 0 Å². The molecule has 2 amide bonds. The van der Waals surface area contributed by atoms with E-state index in [-0.39, 0.29) is 12.5 Å². The zero-order valence-corrected chi connectivity index (χ0v) is 14.0. The summed E-state index contributed by atoms with van der Waals surface area (Å²) < 4.78 is 4.77. The van der Waals surface area contributed by atoms with Crippen LogP contribution in [0.5, 0.6) is 0 Å². The second-order valence-corrected chi connectivity index (χ2v) is 5.36. The van der Waals surface area contributed by atoms with Crippen LogP contribution in [0.2, 0.25) is 5.02 Å². The van der Waals surface area contributed by atoms with Gasteiger partial charge in [0.15, 0.2) is 0 Å². The van der Waals surface area contributed by atoms with Gasteiger partial charge in [-0.2, -0.15) is 0 Å². The van der Waals surface area contributed by atoms with Gasteiger partial charge < -0.3 is 15.4 Å². The number of hydrogen-bond donors (Lipinski definition) is 2. The topological polar surface area (TPSA) is 80.3 Å². The van der Waals surface area contributed by atoms with Crippen LogP contribution in [0.1, 0.15) is 28.5 Å². The Balaban J connectivity index is 1.91. The van der Waals surface area contributed by atoms with Crippen molar-refractivity contribution in [2.45, 2.75) is 20.0 Å². The summed E-state index contributed by atoms with van der Waals surface area (Å²) in [5.74, 6) is -0.218. The zero-order valence-electron chi connectivity index (χ0n) is 13.2. The van der Waals surface area contributed by atoms with Gasteiger partial charge in [0.1, 0.15) is 0 Å². The van der Waals surface area contributed by atoms with Crippen LogP contribution in [0.4, 0.5) is 4.79 Å². The molecule has 0 aliphatic rings. The van der Waals surface area contributed by atoms with E-state index in [4.69, 9.17) is 16.3 Å². The van der Waals surface area contributed by atoms with Gasteiger partial charge in [-0.3, -0.25) is 9.78 Å². The van der Waals surface area contributed by atoms with Crippen molar-refractivity contribution in [1.82, 2.24) is 15.6 Å². The van der Waals surface area contributed by atoms with Gasteiger partial charge in [-0.1, -0.05) is 23.7 Å². The summed E-state index contributed by atoms with van der Waals surface area (Å²) >= 11 is 5.83. The number of hydrogen-bond acceptors (Lipinski definition) is 4. The molecule has 6 nitrogen and oxygen atoms in total. The lowest BCUT2D eigenvalue weighted by Gasteiger charge is -2.08. The van der Waals surface area contributed by atoms with Gasteiger partial charge in [0.2, 0.25) is 0 Å². The molecule has 0 spiro atoms. The first-order valence-corrected chi connectivity index (χ1v) is 7.84. The molecule has 0 bridgehead atoms. The third-order valence-corrected chi connectivity index (χ3v) is 3.39. The molecule has 1 heterocycles. The Labute approximate surface area is 145 Å². The van der Waals surface area contributed by atoms with E-state index in [1.807, 2.05) is 12.1 Å². The van der Waals surface area contributed by atoms with Crippen molar-refractivity contribution >= 4 is 23.6 Å². The Morgan fingerprint density at radius 2 is 1.88 bits per heavy atom. The maximum absolute atomic E-state index is 12.2. The number of carbonyl (C=O) groups excluding carboxylic acids is 2. The minimum atomic E-state index is -0.517. The standard InChI is InChI=1S/C17H18ClN3O3/c1-2-24-17(23)21-11-15-9-13(7-8-19-15)16(22)20-10-12-3-5-14(18)6-4-12/h3-9H,2,10-11H2,1H3,(H,20,22)(H,21,23). The van der Waals surface area contributed by atoms with Crippen LogP contribution in [-0.4, -0.2) is 23.6 Å². The fourth-order valence-corrected chi connectivity index (χ4v) is 2.07. The van der Waals surface area contributed by atoms with Crippen molar-refractivity contribution < 1.29 is 14.3 Å². The molecule has 2 N–H and O–H groups in total. The zero-order chi connectivity index (χ0) is 17.4. The van der Waals surface area contributed by atoms with E-state index in [9.17, 15) is 9.59 Å². The lowest BCUT2D eigenvalue weighted by Crippen LogP contribution is -2.25. The molecular weight excluding hydrogens is 330 g/mol. The summed E-state index contributed by atoms with van der Waals surface area (Å²) in [4.78, 5) is 27.6. The van der Waals surface area contributed by atoms with E-state index in [1.54, 1.807) is 31.2 Å². The highest BCUT2D eigenvalue weighted by atomic mass is 35.5. The van der Waals surface area contributed by atoms with Crippen molar-refractivity contribution in [3.63, 3.8) is 0 Å². The van der Waals surface area contributed by atoms with Crippen molar-refractivity contribution in [1.29, 1.82) is 0 Å². The Hall–Kier alpha value is -2.60. The predicted molar refractivity (Wildman–Crippen MR) is 90.7 cm³/mol. The molecule has 24 heavy (non-hydrogen) atoms. The fourth-order valence-electron chi connectivity index (χ4n) is 1.95. The van der Waals surface area contributed by atoms with Crippen LogP contribution in [0, 0.1) is 0 Å². The van der Waals surface area contributed by atoms with E-state index in [0.29, 0.717) is 29.4 Å². The fraction of sp³-hybridized carbons (Fsp3) is 0.235. The van der Waals surface area contributed by atoms with Crippen LogP contribution in [0.15, 0.2) is 42.6 Å². The molecule has 2 aromatic rings. The van der Waals surface area contributed by atoms with E-state index in [1.165, 1.54) is 6.20 Å². The molecule has 0 aliphatic heterocycles. The Morgan fingerprint density at radius 3 is 2.58 bits per heavy atom. The summed E-state index contributed by atoms with van der Waals surface area (Å²) in [6.45, 7) is 2.61. The van der Waals surface area contributed by atoms with Gasteiger partial charge in [0.25, 0.3) is 5.91 Å². The Bertz CT molecular complexity index is 704. The number of aromatic nitrogens is 1. The van der Waals surface area contributed by atoms with Crippen molar-refractivity contribution in [2.75, 3.05) is 6.61 Å². The smallest absolute Gasteiger partial charge is 0.407 e. The van der Waals surface area contributed by atoms with Crippen LogP contribution in [0.3, 0.4) is 0 Å². The first-order valence-electron chi connectivity index (χ1n) is 7.46. The number of nitrogens with zero attached hydrogens (tertiary/aromatic N) is 1. The molecule has 0 saturated heterocycles. The number of carbonyl (C=O) groups is 2. The molecule has 7 heteroatoms. The largest absolute Gasteiger partial charge is 0.450 e. The van der Waals surface area contributed by atoms with E-state index < -0.39 is 6.09 Å². The van der Waals surface area contributed by atoms with Gasteiger partial charge in [0.05, 0.1) is 18.8 Å². The highest BCUT2D eigenvalue weighted by Crippen LogP contribution is 2.09. The number of halogens is 1. The first kappa shape index (κ1) is 17.7. The number of pyridine rings is 1. The number of nitrogens with one attached hydrogen (secondary N) is 2. The molecule has 0 fully saturated rings. The van der Waals surface area contributed by atoms with Crippen LogP contribution in [-0.2, 0) is 17.8 Å². The quantitative estimate of drug-likeness (QED) is 0.842. The minimum absolute atomic E-state index is 0.192. The average Bonchev–Trinajstić information content (AvgIpc) is 2.60. The Kier molecular flexibility index (Phi) is 6.57. The number of ether oxygens (including phenoxy) is 1. The highest BCUT2D eigenvalue weighted by molar-refractivity contribution is 6.30. The Morgan fingerprint density at radius 1 is 1.12 bits per heavy atom. The lowest BCUT2D eigenvalue weighted by molar-refractivity contribution is 0.0950. The highest BCUT2D eigenvalue weighted by Gasteiger charge is 2.08. The summed E-state index contributed by atoms with van der Waals surface area (Å²) in [6, 6.07) is 10.5. The number of alkyl carbamates (subject to hydrolysis) is 1. The van der Waals surface area contributed by atoms with E-state index >= 15 is 0 Å². The molecule has 126 valence electrons. The second-order valence-electron chi connectivity index (χ2n) is 4.92. The molecule has 0 atom stereocenters. The second kappa shape index (κ2) is 8.88. The molecule has 0 aliphatic carbocycles. The summed E-state index contributed by atoms with van der Waals surface area (Å²) in [6.07, 6.45) is 1.01. The maximum atomic E-state index is 12.2. The third-order valence-electron chi connectivity index (χ3n) is 3.13. The SMILES string of the molecule is CCOC(=O)NCc1cc(C(=O)NCc2ccc(Cl)cc2)ccn1. The molecule has 2 rings (SSSR count). The molecule has 1 aromatic heterocycles. The molecular formula is C17H18ClN3O3. The lowest BCUT2D eigenvalue weighted by atomic mass is 10.2. The molecule has 0 unspecified atom stereocenters. The van der Waals surface area contributed by atoms with E-state index in [0.717, 1.165) is 5.56 Å². The van der Waals surface area contributed by atoms with Crippen molar-refractivity contribution in [3.05, 3.63) is 64.4 Å². The number of benzene rings is 1. The maximum Gasteiger partial charge on any atom is 0.407 e. The number of amides is 2. The van der Waals surface area contributed by atoms with Gasteiger partial charge in [-0.05, 0) is 36.8 Å². The van der Waals surface area contributed by atoms with Crippen molar-refractivity contribution in [2.24, 2.45) is 0 Å². The van der Waals surface area contributed by atoms with Gasteiger partial charge >= 0.3 is 6.09 Å². The monoisotopic (exact) mass is 347 g/mol.